The third-order valence-electron chi connectivity index (χ3n) is 1.92. The van der Waals surface area contributed by atoms with Gasteiger partial charge in [0, 0.05) is 0 Å². The Hall–Kier alpha value is -1.79. The number of nitrogens with zero attached hydrogens (tertiary/aromatic N) is 2. The van der Waals surface area contributed by atoms with Gasteiger partial charge in [-0.05, 0) is 16.8 Å². The molecule has 0 aromatic carbocycles. The highest BCUT2D eigenvalue weighted by atomic mass is 19.3. The van der Waals surface area contributed by atoms with Crippen LogP contribution in [0.5, 0.6) is 5.75 Å². The highest BCUT2D eigenvalue weighted by Crippen LogP contribution is 2.34. The smallest absolute Gasteiger partial charge is 0.367 e. The fourth-order valence-corrected chi connectivity index (χ4v) is 1.21. The van der Waals surface area contributed by atoms with Crippen LogP contribution in [0.4, 0.5) is 14.6 Å². The molecule has 15 heavy (non-hydrogen) atoms. The summed E-state index contributed by atoms with van der Waals surface area (Å²) in [5.74, 6) is -0.723. The highest BCUT2D eigenvalue weighted by Gasteiger charge is 2.25. The Kier molecular flexibility index (Phi) is 3.13. The van der Waals surface area contributed by atoms with Crippen LogP contribution in [0.2, 0.25) is 0 Å². The molecule has 0 bridgehead atoms. The van der Waals surface area contributed by atoms with Crippen LogP contribution in [0.1, 0.15) is 17.6 Å². The summed E-state index contributed by atoms with van der Waals surface area (Å²) in [5, 5.41) is 10.5. The third-order valence-corrected chi connectivity index (χ3v) is 1.92. The molecule has 1 rings (SSSR count). The summed E-state index contributed by atoms with van der Waals surface area (Å²) in [6, 6.07) is 0. The number of hydrogen-bond acceptors (Lipinski definition) is 4. The molecule has 0 fully saturated rings. The lowest BCUT2D eigenvalue weighted by atomic mass is 10.1. The molecule has 0 aliphatic carbocycles. The van der Waals surface area contributed by atoms with Crippen LogP contribution in [0.3, 0.4) is 0 Å². The minimum atomic E-state index is -2.83. The van der Waals surface area contributed by atoms with Crippen LogP contribution >= 0.6 is 0 Å². The van der Waals surface area contributed by atoms with E-state index in [1.807, 2.05) is 0 Å². The maximum absolute atomic E-state index is 12.6. The minimum Gasteiger partial charge on any atom is -0.492 e. The topological polar surface area (TPSA) is 65.3 Å². The standard InChI is InChI=1S/C8H8F2N2O3/c1-4-6(7(9)10)5(15-2)3-11-8(4)12(13)14/h3,7H,1-2H3. The Balaban J connectivity index is 3.42. The second kappa shape index (κ2) is 4.16. The maximum atomic E-state index is 12.6. The van der Waals surface area contributed by atoms with E-state index in [0.29, 0.717) is 0 Å². The zero-order valence-electron chi connectivity index (χ0n) is 8.03. The van der Waals surface area contributed by atoms with Gasteiger partial charge in [-0.15, -0.1) is 0 Å². The van der Waals surface area contributed by atoms with E-state index in [2.05, 4.69) is 9.72 Å². The predicted octanol–water partition coefficient (Wildman–Crippen LogP) is 2.24. The summed E-state index contributed by atoms with van der Waals surface area (Å²) in [7, 11) is 1.20. The van der Waals surface area contributed by atoms with Crippen LogP contribution in [-0.2, 0) is 0 Å². The first kappa shape index (κ1) is 11.3. The van der Waals surface area contributed by atoms with Crippen molar-refractivity contribution in [1.82, 2.24) is 4.98 Å². The van der Waals surface area contributed by atoms with Crippen molar-refractivity contribution in [2.45, 2.75) is 13.3 Å². The fraction of sp³-hybridized carbons (Fsp3) is 0.375. The lowest BCUT2D eigenvalue weighted by molar-refractivity contribution is -0.390. The van der Waals surface area contributed by atoms with Gasteiger partial charge in [0.05, 0.1) is 18.2 Å². The predicted molar refractivity (Wildman–Crippen MR) is 47.1 cm³/mol. The van der Waals surface area contributed by atoms with Crippen molar-refractivity contribution in [1.29, 1.82) is 0 Å². The van der Waals surface area contributed by atoms with Crippen LogP contribution in [-0.4, -0.2) is 17.0 Å². The summed E-state index contributed by atoms with van der Waals surface area (Å²) in [5.41, 5.74) is -0.659. The van der Waals surface area contributed by atoms with E-state index in [1.54, 1.807) is 0 Å². The first-order chi connectivity index (χ1) is 6.99. The van der Waals surface area contributed by atoms with E-state index in [0.717, 1.165) is 6.20 Å². The van der Waals surface area contributed by atoms with Gasteiger partial charge in [-0.25, -0.2) is 8.78 Å². The molecule has 1 heterocycles. The summed E-state index contributed by atoms with van der Waals surface area (Å²) < 4.78 is 29.8. The SMILES string of the molecule is COc1cnc([N+](=O)[O-])c(C)c1C(F)F. The maximum Gasteiger partial charge on any atom is 0.367 e. The minimum absolute atomic E-state index is 0.145. The van der Waals surface area contributed by atoms with Gasteiger partial charge in [-0.3, -0.25) is 0 Å². The second-order valence-electron chi connectivity index (χ2n) is 2.75. The molecule has 0 amide bonds. The van der Waals surface area contributed by atoms with Crippen molar-refractivity contribution >= 4 is 5.82 Å². The normalized spacial score (nSPS) is 10.5. The Morgan fingerprint density at radius 2 is 2.20 bits per heavy atom. The number of nitro groups is 1. The molecular formula is C8H8F2N2O3. The molecule has 0 N–H and O–H groups in total. The van der Waals surface area contributed by atoms with Gasteiger partial charge in [0.15, 0.2) is 11.9 Å². The summed E-state index contributed by atoms with van der Waals surface area (Å²) in [4.78, 5) is 13.1. The van der Waals surface area contributed by atoms with Crippen molar-refractivity contribution < 1.29 is 18.4 Å². The molecule has 82 valence electrons. The largest absolute Gasteiger partial charge is 0.492 e. The number of ether oxygens (including phenoxy) is 1. The van der Waals surface area contributed by atoms with E-state index in [4.69, 9.17) is 0 Å². The quantitative estimate of drug-likeness (QED) is 0.576. The summed E-state index contributed by atoms with van der Waals surface area (Å²) >= 11 is 0. The van der Waals surface area contributed by atoms with Crippen molar-refractivity contribution in [3.05, 3.63) is 27.4 Å². The van der Waals surface area contributed by atoms with Gasteiger partial charge < -0.3 is 14.9 Å². The van der Waals surface area contributed by atoms with Crippen molar-refractivity contribution in [3.63, 3.8) is 0 Å². The van der Waals surface area contributed by atoms with E-state index in [9.17, 15) is 18.9 Å². The number of rotatable bonds is 3. The number of aromatic nitrogens is 1. The van der Waals surface area contributed by atoms with E-state index < -0.39 is 22.7 Å². The fourth-order valence-electron chi connectivity index (χ4n) is 1.21. The van der Waals surface area contributed by atoms with Gasteiger partial charge >= 0.3 is 5.82 Å². The molecular weight excluding hydrogens is 210 g/mol. The monoisotopic (exact) mass is 218 g/mol. The molecule has 0 saturated heterocycles. The number of pyridine rings is 1. The molecule has 7 heteroatoms. The summed E-state index contributed by atoms with van der Waals surface area (Å²) in [6.07, 6.45) is -1.91. The molecule has 0 saturated carbocycles. The van der Waals surface area contributed by atoms with E-state index >= 15 is 0 Å². The Morgan fingerprint density at radius 1 is 1.60 bits per heavy atom. The first-order valence-electron chi connectivity index (χ1n) is 3.95. The molecule has 0 unspecified atom stereocenters. The van der Waals surface area contributed by atoms with Crippen LogP contribution in [0.15, 0.2) is 6.20 Å². The van der Waals surface area contributed by atoms with Crippen LogP contribution < -0.4 is 4.74 Å². The number of alkyl halides is 2. The van der Waals surface area contributed by atoms with Gasteiger partial charge in [-0.2, -0.15) is 0 Å². The Bertz CT molecular complexity index is 396. The van der Waals surface area contributed by atoms with E-state index in [1.165, 1.54) is 14.0 Å². The number of hydrogen-bond donors (Lipinski definition) is 0. The van der Waals surface area contributed by atoms with Gasteiger partial charge in [0.1, 0.15) is 0 Å². The third kappa shape index (κ3) is 2.00. The van der Waals surface area contributed by atoms with Crippen molar-refractivity contribution in [3.8, 4) is 5.75 Å². The second-order valence-corrected chi connectivity index (χ2v) is 2.75. The Labute approximate surface area is 83.8 Å². The summed E-state index contributed by atoms with van der Waals surface area (Å²) in [6.45, 7) is 1.22. The van der Waals surface area contributed by atoms with Gasteiger partial charge in [0.2, 0.25) is 0 Å². The van der Waals surface area contributed by atoms with Crippen LogP contribution in [0, 0.1) is 17.0 Å². The van der Waals surface area contributed by atoms with E-state index in [-0.39, 0.29) is 11.3 Å². The molecule has 0 spiro atoms. The van der Waals surface area contributed by atoms with Crippen molar-refractivity contribution in [2.24, 2.45) is 0 Å². The molecule has 5 nitrogen and oxygen atoms in total. The molecule has 1 aromatic heterocycles. The molecule has 0 atom stereocenters. The zero-order valence-corrected chi connectivity index (χ0v) is 8.03. The van der Waals surface area contributed by atoms with Crippen molar-refractivity contribution in [2.75, 3.05) is 7.11 Å². The molecule has 0 aliphatic heterocycles. The molecule has 0 radical (unpaired) electrons. The molecule has 1 aromatic rings. The average molecular weight is 218 g/mol. The highest BCUT2D eigenvalue weighted by molar-refractivity contribution is 5.46. The average Bonchev–Trinajstić information content (AvgIpc) is 2.15. The molecule has 0 aliphatic rings. The number of halogens is 2. The lowest BCUT2D eigenvalue weighted by Gasteiger charge is -2.08. The number of methoxy groups -OCH3 is 1. The van der Waals surface area contributed by atoms with Gasteiger partial charge in [-0.1, -0.05) is 0 Å². The lowest BCUT2D eigenvalue weighted by Crippen LogP contribution is -2.02. The Morgan fingerprint density at radius 3 is 2.60 bits per heavy atom. The van der Waals surface area contributed by atoms with Crippen LogP contribution in [0.25, 0.3) is 0 Å². The zero-order chi connectivity index (χ0) is 11.6. The first-order valence-corrected chi connectivity index (χ1v) is 3.95. The van der Waals surface area contributed by atoms with Gasteiger partial charge in [0.25, 0.3) is 6.43 Å².